The SMILES string of the molecule is CCC(C)(C)C(=O)O[C@H]1C[C@@H](C(=O)O)C=C2CC[C@H](C)[C@H](CC[C@@H]3C[C@@H](O)CC(=O)O3)[C@H]21. The van der Waals surface area contributed by atoms with Gasteiger partial charge < -0.3 is 19.7 Å². The number of aliphatic carboxylic acids is 1. The molecule has 7 atom stereocenters. The first kappa shape index (κ1) is 24.7. The third-order valence-corrected chi connectivity index (χ3v) is 7.88. The molecule has 0 amide bonds. The Kier molecular flexibility index (Phi) is 7.69. The molecule has 2 N–H and O–H groups in total. The van der Waals surface area contributed by atoms with Crippen molar-refractivity contribution in [3.05, 3.63) is 11.6 Å². The molecule has 1 saturated heterocycles. The zero-order valence-corrected chi connectivity index (χ0v) is 19.7. The minimum absolute atomic E-state index is 0.0184. The number of ether oxygens (including phenoxy) is 2. The fraction of sp³-hybridized carbons (Fsp3) is 0.800. The summed E-state index contributed by atoms with van der Waals surface area (Å²) in [6.45, 7) is 7.85. The van der Waals surface area contributed by atoms with Crippen LogP contribution in [0.1, 0.15) is 79.1 Å². The van der Waals surface area contributed by atoms with Crippen molar-refractivity contribution in [1.82, 2.24) is 0 Å². The lowest BCUT2D eigenvalue weighted by molar-refractivity contribution is -0.168. The summed E-state index contributed by atoms with van der Waals surface area (Å²) in [4.78, 5) is 36.4. The van der Waals surface area contributed by atoms with Gasteiger partial charge in [-0.25, -0.2) is 0 Å². The van der Waals surface area contributed by atoms with Crippen LogP contribution in [0.3, 0.4) is 0 Å². The first-order valence-corrected chi connectivity index (χ1v) is 12.0. The Morgan fingerprint density at radius 1 is 1.25 bits per heavy atom. The lowest BCUT2D eigenvalue weighted by atomic mass is 9.62. The molecule has 0 bridgehead atoms. The number of cyclic esters (lactones) is 1. The number of aliphatic hydroxyl groups excluding tert-OH is 1. The second kappa shape index (κ2) is 9.94. The topological polar surface area (TPSA) is 110 Å². The summed E-state index contributed by atoms with van der Waals surface area (Å²) >= 11 is 0. The maximum atomic E-state index is 12.9. The summed E-state index contributed by atoms with van der Waals surface area (Å²) in [5, 5.41) is 19.6. The molecule has 0 radical (unpaired) electrons. The molecule has 32 heavy (non-hydrogen) atoms. The second-order valence-corrected chi connectivity index (χ2v) is 10.6. The maximum Gasteiger partial charge on any atom is 0.311 e. The van der Waals surface area contributed by atoms with Crippen LogP contribution in [0.5, 0.6) is 0 Å². The van der Waals surface area contributed by atoms with E-state index in [2.05, 4.69) is 6.92 Å². The number of carboxylic acid groups (broad SMARTS) is 1. The number of hydrogen-bond acceptors (Lipinski definition) is 6. The largest absolute Gasteiger partial charge is 0.481 e. The van der Waals surface area contributed by atoms with E-state index in [1.54, 1.807) is 0 Å². The minimum atomic E-state index is -0.884. The van der Waals surface area contributed by atoms with E-state index in [0.29, 0.717) is 25.2 Å². The standard InChI is InChI=1S/C25H38O7/c1-5-25(3,4)24(30)32-20-11-16(23(28)29)10-15-7-6-14(2)19(22(15)20)9-8-18-12-17(26)13-21(27)31-18/h10,14,16-20,22,26H,5-9,11-13H2,1-4H3,(H,28,29)/t14-,16-,17+,18+,19-,20-,22-/m0/s1. The summed E-state index contributed by atoms with van der Waals surface area (Å²) in [5.74, 6) is -1.61. The van der Waals surface area contributed by atoms with Gasteiger partial charge in [0.2, 0.25) is 0 Å². The molecule has 2 fully saturated rings. The van der Waals surface area contributed by atoms with Gasteiger partial charge in [-0.15, -0.1) is 0 Å². The summed E-state index contributed by atoms with van der Waals surface area (Å²) in [6, 6.07) is 0. The Bertz CT molecular complexity index is 755. The molecule has 1 saturated carbocycles. The quantitative estimate of drug-likeness (QED) is 0.447. The number of rotatable bonds is 7. The molecular weight excluding hydrogens is 412 g/mol. The van der Waals surface area contributed by atoms with E-state index in [0.717, 1.165) is 24.8 Å². The van der Waals surface area contributed by atoms with Crippen LogP contribution in [0.4, 0.5) is 0 Å². The Hall–Kier alpha value is -1.89. The van der Waals surface area contributed by atoms with Crippen LogP contribution in [-0.4, -0.2) is 46.4 Å². The summed E-state index contributed by atoms with van der Waals surface area (Å²) < 4.78 is 11.5. The number of carbonyl (C=O) groups excluding carboxylic acids is 2. The fourth-order valence-corrected chi connectivity index (χ4v) is 5.45. The molecule has 0 aromatic carbocycles. The van der Waals surface area contributed by atoms with Crippen molar-refractivity contribution in [2.75, 3.05) is 0 Å². The first-order chi connectivity index (χ1) is 15.0. The van der Waals surface area contributed by atoms with Crippen LogP contribution in [0, 0.1) is 29.1 Å². The zero-order chi connectivity index (χ0) is 23.6. The molecule has 0 spiro atoms. The molecule has 0 aromatic heterocycles. The van der Waals surface area contributed by atoms with E-state index in [1.165, 1.54) is 0 Å². The summed E-state index contributed by atoms with van der Waals surface area (Å²) in [6.07, 6.45) is 5.06. The molecule has 180 valence electrons. The Morgan fingerprint density at radius 2 is 1.97 bits per heavy atom. The molecule has 0 unspecified atom stereocenters. The average molecular weight is 451 g/mol. The molecule has 7 heteroatoms. The van der Waals surface area contributed by atoms with Crippen LogP contribution >= 0.6 is 0 Å². The highest BCUT2D eigenvalue weighted by Gasteiger charge is 2.46. The van der Waals surface area contributed by atoms with Gasteiger partial charge in [0.25, 0.3) is 0 Å². The van der Waals surface area contributed by atoms with Crippen molar-refractivity contribution >= 4 is 17.9 Å². The molecule has 3 rings (SSSR count). The molecule has 1 aliphatic heterocycles. The monoisotopic (exact) mass is 450 g/mol. The number of carboxylic acids is 1. The fourth-order valence-electron chi connectivity index (χ4n) is 5.45. The maximum absolute atomic E-state index is 12.9. The van der Waals surface area contributed by atoms with Crippen molar-refractivity contribution in [3.63, 3.8) is 0 Å². The van der Waals surface area contributed by atoms with Gasteiger partial charge in [-0.05, 0) is 57.8 Å². The molecule has 3 aliphatic rings. The van der Waals surface area contributed by atoms with Gasteiger partial charge in [0.05, 0.1) is 23.9 Å². The Labute approximate surface area is 190 Å². The highest BCUT2D eigenvalue weighted by Crippen LogP contribution is 2.48. The van der Waals surface area contributed by atoms with Gasteiger partial charge in [-0.3, -0.25) is 14.4 Å². The van der Waals surface area contributed by atoms with E-state index >= 15 is 0 Å². The van der Waals surface area contributed by atoms with Crippen LogP contribution < -0.4 is 0 Å². The van der Waals surface area contributed by atoms with Crippen LogP contribution in [0.25, 0.3) is 0 Å². The van der Waals surface area contributed by atoms with Crippen molar-refractivity contribution in [2.24, 2.45) is 29.1 Å². The molecule has 7 nitrogen and oxygen atoms in total. The van der Waals surface area contributed by atoms with E-state index in [1.807, 2.05) is 26.8 Å². The van der Waals surface area contributed by atoms with E-state index in [-0.39, 0.29) is 42.7 Å². The van der Waals surface area contributed by atoms with Gasteiger partial charge in [0.1, 0.15) is 12.2 Å². The molecule has 2 aliphatic carbocycles. The normalized spacial score (nSPS) is 35.3. The van der Waals surface area contributed by atoms with E-state index in [4.69, 9.17) is 9.47 Å². The van der Waals surface area contributed by atoms with Crippen molar-refractivity contribution in [3.8, 4) is 0 Å². The smallest absolute Gasteiger partial charge is 0.311 e. The number of esters is 2. The predicted molar refractivity (Wildman–Crippen MR) is 118 cm³/mol. The van der Waals surface area contributed by atoms with Gasteiger partial charge in [0, 0.05) is 18.8 Å². The summed E-state index contributed by atoms with van der Waals surface area (Å²) in [7, 11) is 0. The van der Waals surface area contributed by atoms with Crippen LogP contribution in [0.15, 0.2) is 11.6 Å². The average Bonchev–Trinajstić information content (AvgIpc) is 2.72. The Balaban J connectivity index is 1.81. The van der Waals surface area contributed by atoms with E-state index in [9.17, 15) is 24.6 Å². The third kappa shape index (κ3) is 5.53. The van der Waals surface area contributed by atoms with Crippen molar-refractivity contribution in [1.29, 1.82) is 0 Å². The van der Waals surface area contributed by atoms with Gasteiger partial charge in [-0.1, -0.05) is 25.5 Å². The van der Waals surface area contributed by atoms with Gasteiger partial charge in [0.15, 0.2) is 0 Å². The van der Waals surface area contributed by atoms with Crippen LogP contribution in [-0.2, 0) is 23.9 Å². The zero-order valence-electron chi connectivity index (χ0n) is 19.7. The third-order valence-electron chi connectivity index (χ3n) is 7.88. The summed E-state index contributed by atoms with van der Waals surface area (Å²) in [5.41, 5.74) is 0.460. The van der Waals surface area contributed by atoms with Crippen molar-refractivity contribution < 1.29 is 34.1 Å². The number of fused-ring (bicyclic) bond motifs is 1. The lowest BCUT2D eigenvalue weighted by Crippen LogP contribution is -2.45. The highest BCUT2D eigenvalue weighted by molar-refractivity contribution is 5.76. The van der Waals surface area contributed by atoms with Crippen molar-refractivity contribution in [2.45, 2.75) is 97.4 Å². The highest BCUT2D eigenvalue weighted by atomic mass is 16.6. The first-order valence-electron chi connectivity index (χ1n) is 12.0. The molecule has 1 heterocycles. The predicted octanol–water partition coefficient (Wildman–Crippen LogP) is 3.87. The minimum Gasteiger partial charge on any atom is -0.481 e. The second-order valence-electron chi connectivity index (χ2n) is 10.6. The molecule has 0 aromatic rings. The number of aliphatic hydroxyl groups is 1. The number of carbonyl (C=O) groups is 3. The Morgan fingerprint density at radius 3 is 2.59 bits per heavy atom. The van der Waals surface area contributed by atoms with Gasteiger partial charge in [-0.2, -0.15) is 0 Å². The van der Waals surface area contributed by atoms with Gasteiger partial charge >= 0.3 is 17.9 Å². The lowest BCUT2D eigenvalue weighted by Gasteiger charge is -2.46. The van der Waals surface area contributed by atoms with Crippen LogP contribution in [0.2, 0.25) is 0 Å². The number of hydrogen-bond donors (Lipinski definition) is 2. The van der Waals surface area contributed by atoms with E-state index < -0.39 is 29.5 Å². The molecular formula is C25H38O7.